The number of aryl methyl sites for hydroxylation is 1. The van der Waals surface area contributed by atoms with Crippen LogP contribution in [-0.4, -0.2) is 40.2 Å². The zero-order valence-corrected chi connectivity index (χ0v) is 9.89. The number of nitrogens with zero attached hydrogens (tertiary/aromatic N) is 1. The highest BCUT2D eigenvalue weighted by atomic mass is 16.3. The first-order chi connectivity index (χ1) is 8.13. The third kappa shape index (κ3) is 2.58. The van der Waals surface area contributed by atoms with Crippen LogP contribution in [0.15, 0.2) is 18.2 Å². The predicted octanol–water partition coefficient (Wildman–Crippen LogP) is 1.30. The minimum absolute atomic E-state index is 0.0146. The van der Waals surface area contributed by atoms with Gasteiger partial charge in [0.05, 0.1) is 6.61 Å². The Labute approximate surface area is 100 Å². The van der Waals surface area contributed by atoms with E-state index in [9.17, 15) is 9.90 Å². The number of benzene rings is 1. The van der Waals surface area contributed by atoms with Gasteiger partial charge in [-0.15, -0.1) is 0 Å². The topological polar surface area (TPSA) is 60.8 Å². The summed E-state index contributed by atoms with van der Waals surface area (Å²) in [6, 6.07) is 5.12. The van der Waals surface area contributed by atoms with E-state index in [1.165, 1.54) is 6.07 Å². The van der Waals surface area contributed by atoms with E-state index in [1.807, 2.05) is 0 Å². The van der Waals surface area contributed by atoms with E-state index in [0.29, 0.717) is 17.7 Å². The van der Waals surface area contributed by atoms with E-state index in [4.69, 9.17) is 5.11 Å². The molecule has 0 heterocycles. The molecule has 1 aliphatic carbocycles. The van der Waals surface area contributed by atoms with Gasteiger partial charge in [0.25, 0.3) is 5.91 Å². The van der Waals surface area contributed by atoms with Crippen LogP contribution in [0.1, 0.15) is 28.8 Å². The Kier molecular flexibility index (Phi) is 3.33. The third-order valence-electron chi connectivity index (χ3n) is 3.03. The second kappa shape index (κ2) is 4.75. The van der Waals surface area contributed by atoms with Crippen LogP contribution in [0.25, 0.3) is 0 Å². The number of phenolic OH excluding ortho intramolecular Hbond substituents is 1. The molecular weight excluding hydrogens is 218 g/mol. The first-order valence-corrected chi connectivity index (χ1v) is 5.85. The van der Waals surface area contributed by atoms with Gasteiger partial charge in [0.15, 0.2) is 0 Å². The zero-order chi connectivity index (χ0) is 12.4. The van der Waals surface area contributed by atoms with Crippen molar-refractivity contribution in [2.24, 2.45) is 0 Å². The van der Waals surface area contributed by atoms with Gasteiger partial charge in [-0.05, 0) is 43.5 Å². The van der Waals surface area contributed by atoms with Gasteiger partial charge < -0.3 is 15.1 Å². The van der Waals surface area contributed by atoms with E-state index in [2.05, 4.69) is 0 Å². The molecule has 92 valence electrons. The second-order valence-electron chi connectivity index (χ2n) is 4.45. The minimum Gasteiger partial charge on any atom is -0.508 e. The molecule has 1 aromatic carbocycles. The largest absolute Gasteiger partial charge is 0.508 e. The standard InChI is InChI=1S/C13H17NO3/c1-9-8-10(2-5-12(9)16)13(17)14(6-7-15)11-3-4-11/h2,5,8,11,15-16H,3-4,6-7H2,1H3. The summed E-state index contributed by atoms with van der Waals surface area (Å²) >= 11 is 0. The average molecular weight is 235 g/mol. The molecule has 1 aliphatic rings. The molecule has 0 unspecified atom stereocenters. The Balaban J connectivity index is 2.19. The molecule has 0 bridgehead atoms. The van der Waals surface area contributed by atoms with Crippen LogP contribution in [0.3, 0.4) is 0 Å². The van der Waals surface area contributed by atoms with Crippen molar-refractivity contribution in [2.75, 3.05) is 13.2 Å². The summed E-state index contributed by atoms with van der Waals surface area (Å²) < 4.78 is 0. The molecule has 0 aromatic heterocycles. The normalized spacial score (nSPS) is 14.7. The van der Waals surface area contributed by atoms with Gasteiger partial charge >= 0.3 is 0 Å². The van der Waals surface area contributed by atoms with E-state index in [-0.39, 0.29) is 24.3 Å². The van der Waals surface area contributed by atoms with Crippen molar-refractivity contribution in [3.05, 3.63) is 29.3 Å². The lowest BCUT2D eigenvalue weighted by molar-refractivity contribution is 0.0707. The Morgan fingerprint density at radius 3 is 2.71 bits per heavy atom. The fourth-order valence-corrected chi connectivity index (χ4v) is 1.90. The van der Waals surface area contributed by atoms with Crippen molar-refractivity contribution in [1.29, 1.82) is 0 Å². The van der Waals surface area contributed by atoms with Crippen molar-refractivity contribution < 1.29 is 15.0 Å². The maximum absolute atomic E-state index is 12.2. The Morgan fingerprint density at radius 1 is 1.47 bits per heavy atom. The molecule has 0 spiro atoms. The average Bonchev–Trinajstić information content (AvgIpc) is 3.13. The summed E-state index contributed by atoms with van der Waals surface area (Å²) in [6.07, 6.45) is 2.03. The van der Waals surface area contributed by atoms with Crippen LogP contribution in [0.2, 0.25) is 0 Å². The highest BCUT2D eigenvalue weighted by Crippen LogP contribution is 2.28. The maximum atomic E-state index is 12.2. The highest BCUT2D eigenvalue weighted by Gasteiger charge is 2.32. The van der Waals surface area contributed by atoms with Crippen LogP contribution < -0.4 is 0 Å². The Morgan fingerprint density at radius 2 is 2.18 bits per heavy atom. The summed E-state index contributed by atoms with van der Waals surface area (Å²) in [6.45, 7) is 2.13. The van der Waals surface area contributed by atoms with Crippen LogP contribution in [-0.2, 0) is 0 Å². The molecule has 2 N–H and O–H groups in total. The molecule has 4 nitrogen and oxygen atoms in total. The quantitative estimate of drug-likeness (QED) is 0.827. The SMILES string of the molecule is Cc1cc(C(=O)N(CCO)C2CC2)ccc1O. The van der Waals surface area contributed by atoms with Crippen LogP contribution in [0.5, 0.6) is 5.75 Å². The van der Waals surface area contributed by atoms with Gasteiger partial charge in [-0.25, -0.2) is 0 Å². The molecule has 1 amide bonds. The summed E-state index contributed by atoms with van der Waals surface area (Å²) in [4.78, 5) is 13.9. The molecule has 4 heteroatoms. The number of carbonyl (C=O) groups is 1. The number of amides is 1. The smallest absolute Gasteiger partial charge is 0.254 e. The van der Waals surface area contributed by atoms with E-state index in [0.717, 1.165) is 12.8 Å². The van der Waals surface area contributed by atoms with Crippen molar-refractivity contribution in [2.45, 2.75) is 25.8 Å². The monoisotopic (exact) mass is 235 g/mol. The lowest BCUT2D eigenvalue weighted by atomic mass is 10.1. The van der Waals surface area contributed by atoms with Crippen molar-refractivity contribution >= 4 is 5.91 Å². The van der Waals surface area contributed by atoms with Gasteiger partial charge in [0, 0.05) is 18.2 Å². The van der Waals surface area contributed by atoms with E-state index >= 15 is 0 Å². The molecule has 0 atom stereocenters. The molecule has 0 saturated heterocycles. The van der Waals surface area contributed by atoms with Crippen LogP contribution in [0.4, 0.5) is 0 Å². The predicted molar refractivity (Wildman–Crippen MR) is 64.0 cm³/mol. The van der Waals surface area contributed by atoms with Gasteiger partial charge in [0.2, 0.25) is 0 Å². The number of hydrogen-bond acceptors (Lipinski definition) is 3. The summed E-state index contributed by atoms with van der Waals surface area (Å²) in [7, 11) is 0. The number of hydrogen-bond donors (Lipinski definition) is 2. The third-order valence-corrected chi connectivity index (χ3v) is 3.03. The number of aromatic hydroxyl groups is 1. The highest BCUT2D eigenvalue weighted by molar-refractivity contribution is 5.95. The number of phenols is 1. The summed E-state index contributed by atoms with van der Waals surface area (Å²) in [5, 5.41) is 18.4. The lowest BCUT2D eigenvalue weighted by Crippen LogP contribution is -2.35. The lowest BCUT2D eigenvalue weighted by Gasteiger charge is -2.21. The zero-order valence-electron chi connectivity index (χ0n) is 9.89. The molecule has 1 saturated carbocycles. The second-order valence-corrected chi connectivity index (χ2v) is 4.45. The van der Waals surface area contributed by atoms with Crippen LogP contribution >= 0.6 is 0 Å². The first-order valence-electron chi connectivity index (χ1n) is 5.85. The Bertz CT molecular complexity index is 427. The number of rotatable bonds is 4. The molecule has 1 aromatic rings. The number of carbonyl (C=O) groups excluding carboxylic acids is 1. The maximum Gasteiger partial charge on any atom is 0.254 e. The number of aliphatic hydroxyl groups is 1. The van der Waals surface area contributed by atoms with Gasteiger partial charge in [-0.2, -0.15) is 0 Å². The molecule has 2 rings (SSSR count). The number of aliphatic hydroxyl groups excluding tert-OH is 1. The molecule has 0 aliphatic heterocycles. The Hall–Kier alpha value is -1.55. The van der Waals surface area contributed by atoms with Gasteiger partial charge in [-0.1, -0.05) is 0 Å². The first kappa shape index (κ1) is 11.9. The minimum atomic E-state index is -0.0651. The molecule has 17 heavy (non-hydrogen) atoms. The van der Waals surface area contributed by atoms with Crippen molar-refractivity contribution in [3.63, 3.8) is 0 Å². The van der Waals surface area contributed by atoms with E-state index in [1.54, 1.807) is 24.0 Å². The summed E-state index contributed by atoms with van der Waals surface area (Å²) in [5.74, 6) is 0.131. The van der Waals surface area contributed by atoms with Crippen molar-refractivity contribution in [3.8, 4) is 5.75 Å². The van der Waals surface area contributed by atoms with Gasteiger partial charge in [0.1, 0.15) is 5.75 Å². The fourth-order valence-electron chi connectivity index (χ4n) is 1.90. The molecular formula is C13H17NO3. The van der Waals surface area contributed by atoms with Crippen LogP contribution in [0, 0.1) is 6.92 Å². The van der Waals surface area contributed by atoms with Crippen molar-refractivity contribution in [1.82, 2.24) is 4.90 Å². The van der Waals surface area contributed by atoms with E-state index < -0.39 is 0 Å². The fraction of sp³-hybridized carbons (Fsp3) is 0.462. The summed E-state index contributed by atoms with van der Waals surface area (Å²) in [5.41, 5.74) is 1.26. The van der Waals surface area contributed by atoms with Gasteiger partial charge in [-0.3, -0.25) is 4.79 Å². The molecule has 1 fully saturated rings. The molecule has 0 radical (unpaired) electrons.